The van der Waals surface area contributed by atoms with Crippen molar-refractivity contribution >= 4 is 0 Å². The zero-order valence-electron chi connectivity index (χ0n) is 12.6. The lowest BCUT2D eigenvalue weighted by Crippen LogP contribution is -2.57. The Morgan fingerprint density at radius 1 is 1.20 bits per heavy atom. The third-order valence-electron chi connectivity index (χ3n) is 6.03. The van der Waals surface area contributed by atoms with Gasteiger partial charge in [0.1, 0.15) is 0 Å². The molecule has 5 atom stereocenters. The highest BCUT2D eigenvalue weighted by Gasteiger charge is 2.47. The molecule has 1 aromatic rings. The van der Waals surface area contributed by atoms with Crippen LogP contribution in [0, 0.1) is 11.8 Å². The maximum atomic E-state index is 2.73. The highest BCUT2D eigenvalue weighted by Crippen LogP contribution is 2.50. The van der Waals surface area contributed by atoms with Gasteiger partial charge in [-0.3, -0.25) is 4.90 Å². The van der Waals surface area contributed by atoms with E-state index in [9.17, 15) is 0 Å². The van der Waals surface area contributed by atoms with Crippen LogP contribution in [0.2, 0.25) is 0 Å². The molecular formula is C19H25N. The van der Waals surface area contributed by atoms with Crippen molar-refractivity contribution in [2.75, 3.05) is 7.05 Å². The van der Waals surface area contributed by atoms with Crippen molar-refractivity contribution in [1.82, 2.24) is 4.90 Å². The second-order valence-electron chi connectivity index (χ2n) is 6.97. The van der Waals surface area contributed by atoms with E-state index in [0.29, 0.717) is 5.92 Å². The third kappa shape index (κ3) is 1.72. The Bertz CT molecular complexity index is 532. The Morgan fingerprint density at radius 2 is 2.05 bits per heavy atom. The molecule has 1 heterocycles. The van der Waals surface area contributed by atoms with E-state index in [4.69, 9.17) is 0 Å². The average Bonchev–Trinajstić information content (AvgIpc) is 2.50. The van der Waals surface area contributed by atoms with Gasteiger partial charge in [0, 0.05) is 18.0 Å². The van der Waals surface area contributed by atoms with Crippen molar-refractivity contribution in [2.45, 2.75) is 50.6 Å². The van der Waals surface area contributed by atoms with Crippen LogP contribution in [-0.4, -0.2) is 24.0 Å². The number of likely N-dealkylation sites (tertiary alicyclic amines) is 1. The van der Waals surface area contributed by atoms with Crippen LogP contribution in [0.5, 0.6) is 0 Å². The Hall–Kier alpha value is -1.08. The van der Waals surface area contributed by atoms with E-state index in [-0.39, 0.29) is 0 Å². The zero-order chi connectivity index (χ0) is 13.7. The number of fused-ring (bicyclic) bond motifs is 3. The minimum atomic E-state index is 0.672. The molecule has 1 heteroatoms. The smallest absolute Gasteiger partial charge is 0.0173 e. The van der Waals surface area contributed by atoms with Gasteiger partial charge in [0.2, 0.25) is 0 Å². The summed E-state index contributed by atoms with van der Waals surface area (Å²) in [4.78, 5) is 2.73. The summed E-state index contributed by atoms with van der Waals surface area (Å²) in [5.41, 5.74) is 3.19. The molecule has 0 spiro atoms. The molecule has 1 saturated heterocycles. The number of allylic oxidation sites excluding steroid dienone is 1. The van der Waals surface area contributed by atoms with E-state index in [1.807, 2.05) is 0 Å². The zero-order valence-corrected chi connectivity index (χ0v) is 12.6. The van der Waals surface area contributed by atoms with E-state index < -0.39 is 0 Å². The lowest BCUT2D eigenvalue weighted by atomic mass is 9.61. The van der Waals surface area contributed by atoms with Gasteiger partial charge in [0.15, 0.2) is 0 Å². The van der Waals surface area contributed by atoms with E-state index >= 15 is 0 Å². The van der Waals surface area contributed by atoms with Crippen LogP contribution in [-0.2, 0) is 6.42 Å². The van der Waals surface area contributed by atoms with E-state index in [0.717, 1.165) is 23.9 Å². The van der Waals surface area contributed by atoms with Crippen molar-refractivity contribution < 1.29 is 0 Å². The van der Waals surface area contributed by atoms with Crippen LogP contribution < -0.4 is 0 Å². The predicted molar refractivity (Wildman–Crippen MR) is 83.9 cm³/mol. The largest absolute Gasteiger partial charge is 0.299 e. The summed E-state index contributed by atoms with van der Waals surface area (Å²) >= 11 is 0. The SMILES string of the molecule is CCCC1C2C=CC3c4ccccc4CC(C3C2)N1C. The van der Waals surface area contributed by atoms with E-state index in [1.54, 1.807) is 11.1 Å². The van der Waals surface area contributed by atoms with Crippen LogP contribution in [0.25, 0.3) is 0 Å². The molecule has 3 aliphatic rings. The standard InChI is InChI=1S/C19H25N/c1-3-6-18-14-9-10-16-15-8-5-4-7-13(15)12-19(20(18)2)17(16)11-14/h4-5,7-10,14,16-19H,3,6,11-12H2,1-2H3. The second-order valence-corrected chi connectivity index (χ2v) is 6.97. The van der Waals surface area contributed by atoms with E-state index in [2.05, 4.69) is 55.3 Å². The minimum Gasteiger partial charge on any atom is -0.299 e. The van der Waals surface area contributed by atoms with Crippen molar-refractivity contribution in [3.05, 3.63) is 47.5 Å². The average molecular weight is 267 g/mol. The molecule has 106 valence electrons. The quantitative estimate of drug-likeness (QED) is 0.732. The normalized spacial score (nSPS) is 38.6. The van der Waals surface area contributed by atoms with Gasteiger partial charge in [-0.05, 0) is 49.3 Å². The molecule has 1 fully saturated rings. The van der Waals surface area contributed by atoms with Gasteiger partial charge in [-0.2, -0.15) is 0 Å². The molecule has 0 aromatic heterocycles. The monoisotopic (exact) mass is 267 g/mol. The van der Waals surface area contributed by atoms with Crippen LogP contribution >= 0.6 is 0 Å². The van der Waals surface area contributed by atoms with Crippen molar-refractivity contribution in [3.8, 4) is 0 Å². The van der Waals surface area contributed by atoms with Gasteiger partial charge >= 0.3 is 0 Å². The molecule has 0 amide bonds. The molecule has 1 aromatic carbocycles. The molecule has 5 unspecified atom stereocenters. The van der Waals surface area contributed by atoms with Gasteiger partial charge in [-0.1, -0.05) is 49.8 Å². The second kappa shape index (κ2) is 4.73. The first-order valence-corrected chi connectivity index (χ1v) is 8.27. The molecule has 2 bridgehead atoms. The topological polar surface area (TPSA) is 3.24 Å². The first-order chi connectivity index (χ1) is 9.79. The maximum Gasteiger partial charge on any atom is 0.0173 e. The maximum absolute atomic E-state index is 2.73. The van der Waals surface area contributed by atoms with Gasteiger partial charge < -0.3 is 0 Å². The number of likely N-dealkylation sites (N-methyl/N-ethyl adjacent to an activating group) is 1. The van der Waals surface area contributed by atoms with Crippen molar-refractivity contribution in [1.29, 1.82) is 0 Å². The molecule has 0 N–H and O–H groups in total. The molecule has 0 saturated carbocycles. The molecule has 2 aliphatic carbocycles. The summed E-state index contributed by atoms with van der Waals surface area (Å²) in [5.74, 6) is 2.31. The third-order valence-corrected chi connectivity index (χ3v) is 6.03. The number of hydrogen-bond donors (Lipinski definition) is 0. The number of hydrogen-bond acceptors (Lipinski definition) is 1. The summed E-state index contributed by atoms with van der Waals surface area (Å²) in [7, 11) is 2.38. The highest BCUT2D eigenvalue weighted by molar-refractivity contribution is 5.40. The minimum absolute atomic E-state index is 0.672. The number of benzene rings is 1. The molecule has 1 nitrogen and oxygen atoms in total. The Kier molecular flexibility index (Phi) is 2.99. The summed E-state index contributed by atoms with van der Waals surface area (Å²) in [5, 5.41) is 0. The molecular weight excluding hydrogens is 242 g/mol. The van der Waals surface area contributed by atoms with Crippen molar-refractivity contribution in [3.63, 3.8) is 0 Å². The van der Waals surface area contributed by atoms with Gasteiger partial charge in [-0.15, -0.1) is 0 Å². The number of rotatable bonds is 2. The van der Waals surface area contributed by atoms with Crippen LogP contribution in [0.3, 0.4) is 0 Å². The Balaban J connectivity index is 1.77. The van der Waals surface area contributed by atoms with Gasteiger partial charge in [0.25, 0.3) is 0 Å². The Labute approximate surface area is 122 Å². The van der Waals surface area contributed by atoms with Crippen LogP contribution in [0.1, 0.15) is 43.2 Å². The van der Waals surface area contributed by atoms with Crippen LogP contribution in [0.4, 0.5) is 0 Å². The first-order valence-electron chi connectivity index (χ1n) is 8.27. The molecule has 4 rings (SSSR count). The lowest BCUT2D eigenvalue weighted by molar-refractivity contribution is 0.0131. The fourth-order valence-electron chi connectivity index (χ4n) is 5.09. The fraction of sp³-hybridized carbons (Fsp3) is 0.579. The van der Waals surface area contributed by atoms with Crippen LogP contribution in [0.15, 0.2) is 36.4 Å². The molecule has 1 aliphatic heterocycles. The molecule has 0 radical (unpaired) electrons. The first kappa shape index (κ1) is 12.6. The number of nitrogens with zero attached hydrogens (tertiary/aromatic N) is 1. The van der Waals surface area contributed by atoms with Gasteiger partial charge in [0.05, 0.1) is 0 Å². The predicted octanol–water partition coefficient (Wildman–Crippen LogP) is 4.00. The summed E-state index contributed by atoms with van der Waals surface area (Å²) in [6.07, 6.45) is 10.4. The van der Waals surface area contributed by atoms with Crippen molar-refractivity contribution in [2.24, 2.45) is 11.8 Å². The highest BCUT2D eigenvalue weighted by atomic mass is 15.2. The summed E-state index contributed by atoms with van der Waals surface area (Å²) in [6.45, 7) is 2.32. The Morgan fingerprint density at radius 3 is 2.90 bits per heavy atom. The lowest BCUT2D eigenvalue weighted by Gasteiger charge is -2.54. The fourth-order valence-corrected chi connectivity index (χ4v) is 5.09. The number of piperidine rings is 1. The molecule has 20 heavy (non-hydrogen) atoms. The summed E-state index contributed by atoms with van der Waals surface area (Å²) in [6, 6.07) is 10.7. The van der Waals surface area contributed by atoms with Gasteiger partial charge in [-0.25, -0.2) is 0 Å². The van der Waals surface area contributed by atoms with E-state index in [1.165, 1.54) is 25.7 Å². The summed E-state index contributed by atoms with van der Waals surface area (Å²) < 4.78 is 0.